The molecule has 142 valence electrons. The molecule has 2 aromatic carbocycles. The van der Waals surface area contributed by atoms with E-state index in [0.29, 0.717) is 20.7 Å². The van der Waals surface area contributed by atoms with E-state index in [1.165, 1.54) is 7.11 Å². The number of anilines is 2. The Balaban J connectivity index is 1.55. The van der Waals surface area contributed by atoms with Crippen LogP contribution in [-0.4, -0.2) is 49.3 Å². The minimum atomic E-state index is -0.359. The van der Waals surface area contributed by atoms with Gasteiger partial charge in [0.1, 0.15) is 0 Å². The maximum atomic E-state index is 11.5. The number of hydrogen-bond donors (Lipinski definition) is 1. The minimum absolute atomic E-state index is 0.359. The molecular formula is C19H19Cl2N3O2S. The Bertz CT molecular complexity index is 837. The first-order valence-corrected chi connectivity index (χ1v) is 9.58. The van der Waals surface area contributed by atoms with E-state index in [-0.39, 0.29) is 5.97 Å². The van der Waals surface area contributed by atoms with Crippen LogP contribution in [0.3, 0.4) is 0 Å². The monoisotopic (exact) mass is 423 g/mol. The number of methoxy groups -OCH3 is 1. The Morgan fingerprint density at radius 2 is 1.70 bits per heavy atom. The molecule has 5 nitrogen and oxygen atoms in total. The van der Waals surface area contributed by atoms with Gasteiger partial charge in [0, 0.05) is 37.6 Å². The fourth-order valence-electron chi connectivity index (χ4n) is 2.86. The third kappa shape index (κ3) is 4.83. The van der Waals surface area contributed by atoms with E-state index < -0.39 is 0 Å². The van der Waals surface area contributed by atoms with Crippen LogP contribution in [0, 0.1) is 0 Å². The van der Waals surface area contributed by atoms with Gasteiger partial charge in [-0.2, -0.15) is 0 Å². The molecule has 1 N–H and O–H groups in total. The van der Waals surface area contributed by atoms with Gasteiger partial charge in [0.05, 0.1) is 22.7 Å². The minimum Gasteiger partial charge on any atom is -0.465 e. The molecule has 0 spiro atoms. The zero-order chi connectivity index (χ0) is 19.4. The number of nitrogens with zero attached hydrogens (tertiary/aromatic N) is 2. The second kappa shape index (κ2) is 8.78. The van der Waals surface area contributed by atoms with Crippen molar-refractivity contribution in [1.29, 1.82) is 0 Å². The Labute approximate surface area is 173 Å². The molecule has 0 saturated carbocycles. The maximum absolute atomic E-state index is 11.5. The summed E-state index contributed by atoms with van der Waals surface area (Å²) < 4.78 is 4.70. The van der Waals surface area contributed by atoms with Crippen molar-refractivity contribution in [2.45, 2.75) is 0 Å². The van der Waals surface area contributed by atoms with Gasteiger partial charge in [-0.05, 0) is 54.7 Å². The number of esters is 1. The molecular weight excluding hydrogens is 405 g/mol. The van der Waals surface area contributed by atoms with Gasteiger partial charge in [-0.1, -0.05) is 23.2 Å². The van der Waals surface area contributed by atoms with E-state index in [2.05, 4.69) is 15.1 Å². The topological polar surface area (TPSA) is 44.8 Å². The number of piperazine rings is 1. The van der Waals surface area contributed by atoms with Crippen molar-refractivity contribution in [2.75, 3.05) is 43.5 Å². The number of benzene rings is 2. The SMILES string of the molecule is COC(=O)c1ccc(NC(=S)N2CCN(c3ccc(Cl)c(Cl)c3)CC2)cc1. The first-order valence-electron chi connectivity index (χ1n) is 8.42. The van der Waals surface area contributed by atoms with E-state index >= 15 is 0 Å². The Kier molecular flexibility index (Phi) is 6.42. The summed E-state index contributed by atoms with van der Waals surface area (Å²) in [7, 11) is 1.36. The smallest absolute Gasteiger partial charge is 0.337 e. The van der Waals surface area contributed by atoms with E-state index in [1.807, 2.05) is 30.3 Å². The van der Waals surface area contributed by atoms with Crippen LogP contribution in [0.5, 0.6) is 0 Å². The standard InChI is InChI=1S/C19H19Cl2N3O2S/c1-26-18(25)13-2-4-14(5-3-13)22-19(27)24-10-8-23(9-11-24)15-6-7-16(20)17(21)12-15/h2-7,12H,8-11H2,1H3,(H,22,27). The molecule has 2 aromatic rings. The summed E-state index contributed by atoms with van der Waals surface area (Å²) in [5.74, 6) is -0.359. The highest BCUT2D eigenvalue weighted by Gasteiger charge is 2.20. The molecule has 1 saturated heterocycles. The number of carbonyl (C=O) groups is 1. The largest absolute Gasteiger partial charge is 0.465 e. The van der Waals surface area contributed by atoms with Gasteiger partial charge in [0.2, 0.25) is 0 Å². The lowest BCUT2D eigenvalue weighted by molar-refractivity contribution is 0.0601. The number of carbonyl (C=O) groups excluding carboxylic acids is 1. The molecule has 3 rings (SSSR count). The van der Waals surface area contributed by atoms with Crippen LogP contribution < -0.4 is 10.2 Å². The average Bonchev–Trinajstić information content (AvgIpc) is 2.70. The van der Waals surface area contributed by atoms with Crippen LogP contribution in [0.2, 0.25) is 10.0 Å². The Morgan fingerprint density at radius 3 is 2.30 bits per heavy atom. The molecule has 0 aromatic heterocycles. The summed E-state index contributed by atoms with van der Waals surface area (Å²) in [6.45, 7) is 3.26. The zero-order valence-corrected chi connectivity index (χ0v) is 17.1. The lowest BCUT2D eigenvalue weighted by atomic mass is 10.2. The van der Waals surface area contributed by atoms with Crippen LogP contribution >= 0.6 is 35.4 Å². The Hall–Kier alpha value is -2.02. The molecule has 0 radical (unpaired) electrons. The second-order valence-corrected chi connectivity index (χ2v) is 7.27. The first-order chi connectivity index (χ1) is 13.0. The summed E-state index contributed by atoms with van der Waals surface area (Å²) in [5, 5.41) is 4.99. The fraction of sp³-hybridized carbons (Fsp3) is 0.263. The van der Waals surface area contributed by atoms with Crippen LogP contribution in [0.1, 0.15) is 10.4 Å². The third-order valence-corrected chi connectivity index (χ3v) is 5.49. The van der Waals surface area contributed by atoms with E-state index in [0.717, 1.165) is 37.6 Å². The average molecular weight is 424 g/mol. The molecule has 1 fully saturated rings. The quantitative estimate of drug-likeness (QED) is 0.586. The number of hydrogen-bond acceptors (Lipinski definition) is 4. The molecule has 0 bridgehead atoms. The predicted molar refractivity (Wildman–Crippen MR) is 114 cm³/mol. The summed E-state index contributed by atoms with van der Waals surface area (Å²) in [5.41, 5.74) is 2.39. The van der Waals surface area contributed by atoms with Crippen LogP contribution in [0.15, 0.2) is 42.5 Å². The molecule has 1 heterocycles. The zero-order valence-electron chi connectivity index (χ0n) is 14.7. The van der Waals surface area contributed by atoms with Crippen molar-refractivity contribution in [3.63, 3.8) is 0 Å². The second-order valence-electron chi connectivity index (χ2n) is 6.07. The van der Waals surface area contributed by atoms with Crippen molar-refractivity contribution in [3.8, 4) is 0 Å². The number of nitrogens with one attached hydrogen (secondary N) is 1. The lowest BCUT2D eigenvalue weighted by Gasteiger charge is -2.37. The number of rotatable bonds is 3. The number of thiocarbonyl (C=S) groups is 1. The van der Waals surface area contributed by atoms with Crippen LogP contribution in [-0.2, 0) is 4.74 Å². The van der Waals surface area contributed by atoms with Gasteiger partial charge < -0.3 is 19.9 Å². The van der Waals surface area contributed by atoms with Crippen molar-refractivity contribution < 1.29 is 9.53 Å². The van der Waals surface area contributed by atoms with Crippen molar-refractivity contribution >= 4 is 57.9 Å². The van der Waals surface area contributed by atoms with E-state index in [1.54, 1.807) is 12.1 Å². The maximum Gasteiger partial charge on any atom is 0.337 e. The molecule has 27 heavy (non-hydrogen) atoms. The van der Waals surface area contributed by atoms with Crippen molar-refractivity contribution in [2.24, 2.45) is 0 Å². The summed E-state index contributed by atoms with van der Waals surface area (Å²) in [6.07, 6.45) is 0. The Morgan fingerprint density at radius 1 is 1.04 bits per heavy atom. The predicted octanol–water partition coefficient (Wildman–Crippen LogP) is 4.30. The van der Waals surface area contributed by atoms with Crippen molar-refractivity contribution in [3.05, 3.63) is 58.1 Å². The highest BCUT2D eigenvalue weighted by Crippen LogP contribution is 2.27. The van der Waals surface area contributed by atoms with Crippen LogP contribution in [0.4, 0.5) is 11.4 Å². The van der Waals surface area contributed by atoms with Gasteiger partial charge in [0.25, 0.3) is 0 Å². The van der Waals surface area contributed by atoms with Gasteiger partial charge in [0.15, 0.2) is 5.11 Å². The molecule has 8 heteroatoms. The summed E-state index contributed by atoms with van der Waals surface area (Å²) in [6, 6.07) is 12.7. The lowest BCUT2D eigenvalue weighted by Crippen LogP contribution is -2.50. The van der Waals surface area contributed by atoms with Crippen molar-refractivity contribution in [1.82, 2.24) is 4.90 Å². The molecule has 1 aliphatic heterocycles. The normalized spacial score (nSPS) is 14.0. The third-order valence-electron chi connectivity index (χ3n) is 4.39. The molecule has 1 aliphatic rings. The summed E-state index contributed by atoms with van der Waals surface area (Å²) in [4.78, 5) is 15.9. The molecule has 0 unspecified atom stereocenters. The molecule has 0 atom stereocenters. The highest BCUT2D eigenvalue weighted by atomic mass is 35.5. The highest BCUT2D eigenvalue weighted by molar-refractivity contribution is 7.80. The number of ether oxygens (including phenoxy) is 1. The molecule has 0 amide bonds. The summed E-state index contributed by atoms with van der Waals surface area (Å²) >= 11 is 17.6. The van der Waals surface area contributed by atoms with E-state index in [9.17, 15) is 4.79 Å². The van der Waals surface area contributed by atoms with E-state index in [4.69, 9.17) is 40.2 Å². The number of halogens is 2. The van der Waals surface area contributed by atoms with Gasteiger partial charge in [-0.15, -0.1) is 0 Å². The van der Waals surface area contributed by atoms with Gasteiger partial charge in [-0.3, -0.25) is 0 Å². The fourth-order valence-corrected chi connectivity index (χ4v) is 3.45. The van der Waals surface area contributed by atoms with Gasteiger partial charge >= 0.3 is 5.97 Å². The first kappa shape index (κ1) is 19.7. The van der Waals surface area contributed by atoms with Gasteiger partial charge in [-0.25, -0.2) is 4.79 Å². The van der Waals surface area contributed by atoms with Crippen LogP contribution in [0.25, 0.3) is 0 Å². The molecule has 0 aliphatic carbocycles.